The van der Waals surface area contributed by atoms with Gasteiger partial charge in [0.1, 0.15) is 5.82 Å². The van der Waals surface area contributed by atoms with Gasteiger partial charge in [-0.25, -0.2) is 4.39 Å². The molecule has 2 aromatic rings. The highest BCUT2D eigenvalue weighted by Crippen LogP contribution is 2.26. The molecule has 7 heteroatoms. The van der Waals surface area contributed by atoms with Gasteiger partial charge in [-0.15, -0.1) is 0 Å². The van der Waals surface area contributed by atoms with Crippen LogP contribution in [0.15, 0.2) is 42.5 Å². The molecule has 1 heterocycles. The van der Waals surface area contributed by atoms with Crippen molar-refractivity contribution in [2.75, 3.05) is 18.5 Å². The van der Waals surface area contributed by atoms with E-state index in [1.807, 2.05) is 11.0 Å². The lowest BCUT2D eigenvalue weighted by Crippen LogP contribution is -2.39. The SMILES string of the molecule is Fc1cccc(CN(C[C@@H]2CCCO2)C(=S)Nc2ccc(Cl)cc2Cl)c1. The molecule has 0 bridgehead atoms. The first-order valence-corrected chi connectivity index (χ1v) is 9.55. The summed E-state index contributed by atoms with van der Waals surface area (Å²) in [5.74, 6) is -0.265. The standard InChI is InChI=1S/C19H19Cl2FN2OS/c20-14-6-7-18(17(21)10-14)23-19(26)24(12-16-5-2-8-25-16)11-13-3-1-4-15(22)9-13/h1,3-4,6-7,9-10,16H,2,5,8,11-12H2,(H,23,26)/t16-/m0/s1. The van der Waals surface area contributed by atoms with Gasteiger partial charge in [-0.1, -0.05) is 35.3 Å². The number of hydrogen-bond acceptors (Lipinski definition) is 2. The summed E-state index contributed by atoms with van der Waals surface area (Å²) in [6.07, 6.45) is 2.15. The van der Waals surface area contributed by atoms with E-state index in [1.54, 1.807) is 24.3 Å². The summed E-state index contributed by atoms with van der Waals surface area (Å²) in [4.78, 5) is 1.98. The molecular weight excluding hydrogens is 394 g/mol. The first-order chi connectivity index (χ1) is 12.5. The first kappa shape index (κ1) is 19.4. The Morgan fingerprint density at radius 2 is 2.12 bits per heavy atom. The zero-order chi connectivity index (χ0) is 18.5. The number of benzene rings is 2. The third-order valence-electron chi connectivity index (χ3n) is 4.17. The predicted octanol–water partition coefficient (Wildman–Crippen LogP) is 5.51. The minimum atomic E-state index is -0.265. The van der Waals surface area contributed by atoms with Gasteiger partial charge in [-0.3, -0.25) is 0 Å². The average Bonchev–Trinajstić information content (AvgIpc) is 3.10. The minimum Gasteiger partial charge on any atom is -0.376 e. The van der Waals surface area contributed by atoms with Gasteiger partial charge < -0.3 is 15.0 Å². The number of thiocarbonyl (C=S) groups is 1. The minimum absolute atomic E-state index is 0.115. The largest absolute Gasteiger partial charge is 0.376 e. The van der Waals surface area contributed by atoms with Crippen LogP contribution in [0.3, 0.4) is 0 Å². The molecule has 1 N–H and O–H groups in total. The molecule has 0 unspecified atom stereocenters. The zero-order valence-electron chi connectivity index (χ0n) is 14.1. The quantitative estimate of drug-likeness (QED) is 0.654. The highest BCUT2D eigenvalue weighted by molar-refractivity contribution is 7.80. The maximum Gasteiger partial charge on any atom is 0.173 e. The van der Waals surface area contributed by atoms with Crippen molar-refractivity contribution in [3.05, 3.63) is 63.9 Å². The van der Waals surface area contributed by atoms with Gasteiger partial charge in [0, 0.05) is 24.7 Å². The van der Waals surface area contributed by atoms with Crippen molar-refractivity contribution >= 4 is 46.2 Å². The van der Waals surface area contributed by atoms with E-state index in [0.29, 0.717) is 33.9 Å². The Kier molecular flexibility index (Phi) is 6.70. The lowest BCUT2D eigenvalue weighted by molar-refractivity contribution is 0.0905. The van der Waals surface area contributed by atoms with Crippen molar-refractivity contribution in [3.63, 3.8) is 0 Å². The summed E-state index contributed by atoms with van der Waals surface area (Å²) in [5, 5.41) is 4.72. The normalized spacial score (nSPS) is 16.5. The molecule has 0 radical (unpaired) electrons. The summed E-state index contributed by atoms with van der Waals surface area (Å²) >= 11 is 17.8. The molecule has 0 aromatic heterocycles. The molecule has 3 nitrogen and oxygen atoms in total. The predicted molar refractivity (Wildman–Crippen MR) is 108 cm³/mol. The maximum absolute atomic E-state index is 13.5. The van der Waals surface area contributed by atoms with Crippen LogP contribution in [-0.2, 0) is 11.3 Å². The van der Waals surface area contributed by atoms with Crippen LogP contribution in [0, 0.1) is 5.82 Å². The molecule has 138 valence electrons. The van der Waals surface area contributed by atoms with E-state index >= 15 is 0 Å². The van der Waals surface area contributed by atoms with E-state index in [1.165, 1.54) is 12.1 Å². The Morgan fingerprint density at radius 3 is 2.81 bits per heavy atom. The third kappa shape index (κ3) is 5.30. The van der Waals surface area contributed by atoms with Gasteiger partial charge in [-0.05, 0) is 61.0 Å². The Balaban J connectivity index is 1.75. The van der Waals surface area contributed by atoms with Crippen LogP contribution in [0.25, 0.3) is 0 Å². The van der Waals surface area contributed by atoms with Crippen molar-refractivity contribution in [1.29, 1.82) is 0 Å². The van der Waals surface area contributed by atoms with Crippen molar-refractivity contribution in [1.82, 2.24) is 4.90 Å². The fourth-order valence-electron chi connectivity index (χ4n) is 2.89. The van der Waals surface area contributed by atoms with Gasteiger partial charge in [0.2, 0.25) is 0 Å². The lowest BCUT2D eigenvalue weighted by Gasteiger charge is -2.28. The van der Waals surface area contributed by atoms with Crippen LogP contribution < -0.4 is 5.32 Å². The van der Waals surface area contributed by atoms with E-state index in [-0.39, 0.29) is 11.9 Å². The van der Waals surface area contributed by atoms with Gasteiger partial charge in [0.05, 0.1) is 16.8 Å². The fraction of sp³-hybridized carbons (Fsp3) is 0.316. The smallest absolute Gasteiger partial charge is 0.173 e. The van der Waals surface area contributed by atoms with E-state index in [0.717, 1.165) is 25.0 Å². The van der Waals surface area contributed by atoms with Gasteiger partial charge >= 0.3 is 0 Å². The van der Waals surface area contributed by atoms with Crippen LogP contribution in [0.4, 0.5) is 10.1 Å². The van der Waals surface area contributed by atoms with Crippen molar-refractivity contribution in [3.8, 4) is 0 Å². The van der Waals surface area contributed by atoms with Crippen LogP contribution in [-0.4, -0.2) is 29.3 Å². The van der Waals surface area contributed by atoms with E-state index < -0.39 is 0 Å². The number of anilines is 1. The molecule has 0 spiro atoms. The average molecular weight is 413 g/mol. The van der Waals surface area contributed by atoms with Crippen molar-refractivity contribution < 1.29 is 9.13 Å². The monoisotopic (exact) mass is 412 g/mol. The van der Waals surface area contributed by atoms with E-state index in [2.05, 4.69) is 5.32 Å². The second-order valence-electron chi connectivity index (χ2n) is 6.20. The second-order valence-corrected chi connectivity index (χ2v) is 7.43. The van der Waals surface area contributed by atoms with Gasteiger partial charge in [0.25, 0.3) is 0 Å². The Hall–Kier alpha value is -1.40. The molecule has 1 aliphatic heterocycles. The number of hydrogen-bond donors (Lipinski definition) is 1. The van der Waals surface area contributed by atoms with Crippen LogP contribution in [0.1, 0.15) is 18.4 Å². The van der Waals surface area contributed by atoms with Crippen LogP contribution in [0.5, 0.6) is 0 Å². The second kappa shape index (κ2) is 9.00. The maximum atomic E-state index is 13.5. The number of rotatable bonds is 5. The van der Waals surface area contributed by atoms with E-state index in [9.17, 15) is 4.39 Å². The molecule has 2 aromatic carbocycles. The molecule has 1 aliphatic rings. The summed E-state index contributed by atoms with van der Waals surface area (Å²) in [7, 11) is 0. The summed E-state index contributed by atoms with van der Waals surface area (Å²) in [6, 6.07) is 11.7. The summed E-state index contributed by atoms with van der Waals surface area (Å²) in [6.45, 7) is 1.88. The Labute approximate surface area is 168 Å². The molecule has 1 fully saturated rings. The number of nitrogens with zero attached hydrogens (tertiary/aromatic N) is 1. The fourth-order valence-corrected chi connectivity index (χ4v) is 3.60. The number of nitrogens with one attached hydrogen (secondary N) is 1. The molecule has 3 rings (SSSR count). The molecule has 1 saturated heterocycles. The summed E-state index contributed by atoms with van der Waals surface area (Å²) in [5.41, 5.74) is 1.52. The Morgan fingerprint density at radius 1 is 1.27 bits per heavy atom. The van der Waals surface area contributed by atoms with Crippen LogP contribution >= 0.6 is 35.4 Å². The Bertz CT molecular complexity index is 784. The summed E-state index contributed by atoms with van der Waals surface area (Å²) < 4.78 is 19.3. The van der Waals surface area contributed by atoms with Gasteiger partial charge in [0.15, 0.2) is 5.11 Å². The lowest BCUT2D eigenvalue weighted by atomic mass is 10.2. The highest BCUT2D eigenvalue weighted by atomic mass is 35.5. The third-order valence-corrected chi connectivity index (χ3v) is 5.08. The molecule has 0 aliphatic carbocycles. The number of ether oxygens (including phenoxy) is 1. The van der Waals surface area contributed by atoms with Gasteiger partial charge in [-0.2, -0.15) is 0 Å². The number of halogens is 3. The molecule has 26 heavy (non-hydrogen) atoms. The molecular formula is C19H19Cl2FN2OS. The molecule has 1 atom stereocenters. The zero-order valence-corrected chi connectivity index (χ0v) is 16.4. The van der Waals surface area contributed by atoms with Crippen LogP contribution in [0.2, 0.25) is 10.0 Å². The topological polar surface area (TPSA) is 24.5 Å². The van der Waals surface area contributed by atoms with Crippen molar-refractivity contribution in [2.45, 2.75) is 25.5 Å². The van der Waals surface area contributed by atoms with E-state index in [4.69, 9.17) is 40.2 Å². The molecule has 0 saturated carbocycles. The van der Waals surface area contributed by atoms with Crippen molar-refractivity contribution in [2.24, 2.45) is 0 Å². The highest BCUT2D eigenvalue weighted by Gasteiger charge is 2.21. The molecule has 0 amide bonds. The first-order valence-electron chi connectivity index (χ1n) is 8.38.